The van der Waals surface area contributed by atoms with E-state index in [0.29, 0.717) is 11.5 Å². The molecular formula is C12H16FNO2. The standard InChI is InChI=1S/C12H16FNO2/c1-12(2,3)16-9-6-11(13)14-7-10(9)15-8-4-5-8/h6-8H,4-5H2,1-3H3. The number of rotatable bonds is 3. The molecule has 1 aliphatic rings. The molecule has 1 aliphatic carbocycles. The van der Waals surface area contributed by atoms with E-state index in [1.807, 2.05) is 20.8 Å². The number of nitrogens with zero attached hydrogens (tertiary/aromatic N) is 1. The van der Waals surface area contributed by atoms with Gasteiger partial charge in [0.2, 0.25) is 5.95 Å². The molecule has 0 spiro atoms. The van der Waals surface area contributed by atoms with Crippen LogP contribution in [0.2, 0.25) is 0 Å². The van der Waals surface area contributed by atoms with E-state index in [9.17, 15) is 4.39 Å². The molecule has 16 heavy (non-hydrogen) atoms. The first-order chi connectivity index (χ1) is 7.44. The second-order valence-electron chi connectivity index (χ2n) is 4.99. The van der Waals surface area contributed by atoms with Crippen LogP contribution in [0.5, 0.6) is 11.5 Å². The third-order valence-corrected chi connectivity index (χ3v) is 2.03. The van der Waals surface area contributed by atoms with Crippen LogP contribution >= 0.6 is 0 Å². The summed E-state index contributed by atoms with van der Waals surface area (Å²) < 4.78 is 24.3. The number of ether oxygens (including phenoxy) is 2. The zero-order valence-corrected chi connectivity index (χ0v) is 9.79. The van der Waals surface area contributed by atoms with Crippen molar-refractivity contribution in [3.63, 3.8) is 0 Å². The third-order valence-electron chi connectivity index (χ3n) is 2.03. The van der Waals surface area contributed by atoms with Gasteiger partial charge in [0.15, 0.2) is 11.5 Å². The third kappa shape index (κ3) is 3.08. The molecule has 1 saturated carbocycles. The SMILES string of the molecule is CC(C)(C)Oc1cc(F)ncc1OC1CC1. The Kier molecular flexibility index (Phi) is 2.74. The molecule has 0 atom stereocenters. The molecule has 1 fully saturated rings. The first-order valence-corrected chi connectivity index (χ1v) is 5.45. The Labute approximate surface area is 94.6 Å². The lowest BCUT2D eigenvalue weighted by Gasteiger charge is -2.22. The predicted molar refractivity (Wildman–Crippen MR) is 58.2 cm³/mol. The molecular weight excluding hydrogens is 209 g/mol. The van der Waals surface area contributed by atoms with Gasteiger partial charge in [0.1, 0.15) is 5.60 Å². The summed E-state index contributed by atoms with van der Waals surface area (Å²) in [7, 11) is 0. The van der Waals surface area contributed by atoms with Crippen LogP contribution in [-0.2, 0) is 0 Å². The van der Waals surface area contributed by atoms with Crippen LogP contribution in [0.4, 0.5) is 4.39 Å². The first-order valence-electron chi connectivity index (χ1n) is 5.45. The fourth-order valence-corrected chi connectivity index (χ4v) is 1.26. The fourth-order valence-electron chi connectivity index (χ4n) is 1.26. The Balaban J connectivity index is 2.20. The van der Waals surface area contributed by atoms with E-state index < -0.39 is 5.95 Å². The van der Waals surface area contributed by atoms with Gasteiger partial charge in [-0.1, -0.05) is 0 Å². The molecule has 0 N–H and O–H groups in total. The first kappa shape index (κ1) is 11.2. The molecule has 2 rings (SSSR count). The van der Waals surface area contributed by atoms with Crippen LogP contribution in [0.15, 0.2) is 12.3 Å². The van der Waals surface area contributed by atoms with Crippen molar-refractivity contribution in [1.29, 1.82) is 0 Å². The van der Waals surface area contributed by atoms with E-state index in [1.165, 1.54) is 12.3 Å². The van der Waals surface area contributed by atoms with E-state index >= 15 is 0 Å². The lowest BCUT2D eigenvalue weighted by molar-refractivity contribution is 0.121. The topological polar surface area (TPSA) is 31.4 Å². The summed E-state index contributed by atoms with van der Waals surface area (Å²) in [5.41, 5.74) is -0.380. The predicted octanol–water partition coefficient (Wildman–Crippen LogP) is 2.94. The molecule has 0 bridgehead atoms. The van der Waals surface area contributed by atoms with Crippen LogP contribution in [0, 0.1) is 5.95 Å². The minimum absolute atomic E-state index is 0.245. The van der Waals surface area contributed by atoms with E-state index in [0.717, 1.165) is 12.8 Å². The van der Waals surface area contributed by atoms with Gasteiger partial charge in [-0.3, -0.25) is 0 Å². The van der Waals surface area contributed by atoms with Crippen LogP contribution in [0.1, 0.15) is 33.6 Å². The molecule has 0 aromatic carbocycles. The lowest BCUT2D eigenvalue weighted by atomic mass is 10.2. The second-order valence-corrected chi connectivity index (χ2v) is 4.99. The molecule has 0 radical (unpaired) electrons. The smallest absolute Gasteiger partial charge is 0.216 e. The maximum atomic E-state index is 13.0. The molecule has 0 saturated heterocycles. The van der Waals surface area contributed by atoms with Gasteiger partial charge in [0.25, 0.3) is 0 Å². The molecule has 0 amide bonds. The van der Waals surface area contributed by atoms with Gasteiger partial charge in [0, 0.05) is 6.07 Å². The summed E-state index contributed by atoms with van der Waals surface area (Å²) >= 11 is 0. The number of hydrogen-bond donors (Lipinski definition) is 0. The van der Waals surface area contributed by atoms with Crippen molar-refractivity contribution in [2.45, 2.75) is 45.3 Å². The molecule has 88 valence electrons. The molecule has 1 aromatic heterocycles. The monoisotopic (exact) mass is 225 g/mol. The lowest BCUT2D eigenvalue weighted by Crippen LogP contribution is -2.23. The number of halogens is 1. The van der Waals surface area contributed by atoms with Crippen molar-refractivity contribution in [1.82, 2.24) is 4.98 Å². The fraction of sp³-hybridized carbons (Fsp3) is 0.583. The van der Waals surface area contributed by atoms with Gasteiger partial charge in [-0.25, -0.2) is 4.98 Å². The van der Waals surface area contributed by atoms with Gasteiger partial charge < -0.3 is 9.47 Å². The Morgan fingerprint density at radius 2 is 2.00 bits per heavy atom. The zero-order valence-electron chi connectivity index (χ0n) is 9.79. The molecule has 1 aromatic rings. The molecule has 4 heteroatoms. The van der Waals surface area contributed by atoms with Crippen molar-refractivity contribution in [3.8, 4) is 11.5 Å². The molecule has 1 heterocycles. The highest BCUT2D eigenvalue weighted by molar-refractivity contribution is 5.37. The largest absolute Gasteiger partial charge is 0.485 e. The van der Waals surface area contributed by atoms with Crippen LogP contribution in [-0.4, -0.2) is 16.7 Å². The minimum atomic E-state index is -0.553. The van der Waals surface area contributed by atoms with Gasteiger partial charge in [-0.05, 0) is 33.6 Å². The van der Waals surface area contributed by atoms with E-state index in [-0.39, 0.29) is 11.7 Å². The van der Waals surface area contributed by atoms with E-state index in [4.69, 9.17) is 9.47 Å². The average molecular weight is 225 g/mol. The summed E-state index contributed by atoms with van der Waals surface area (Å²) in [6.07, 6.45) is 3.72. The molecule has 3 nitrogen and oxygen atoms in total. The number of hydrogen-bond acceptors (Lipinski definition) is 3. The Morgan fingerprint density at radius 1 is 1.31 bits per heavy atom. The summed E-state index contributed by atoms with van der Waals surface area (Å²) in [6, 6.07) is 1.27. The van der Waals surface area contributed by atoms with Gasteiger partial charge in [-0.2, -0.15) is 4.39 Å². The maximum Gasteiger partial charge on any atom is 0.216 e. The minimum Gasteiger partial charge on any atom is -0.485 e. The zero-order chi connectivity index (χ0) is 11.8. The van der Waals surface area contributed by atoms with Crippen LogP contribution < -0.4 is 9.47 Å². The Bertz CT molecular complexity index is 383. The van der Waals surface area contributed by atoms with Gasteiger partial charge in [-0.15, -0.1) is 0 Å². The highest BCUT2D eigenvalue weighted by atomic mass is 19.1. The highest BCUT2D eigenvalue weighted by Crippen LogP contribution is 2.34. The summed E-state index contributed by atoms with van der Waals surface area (Å²) in [4.78, 5) is 3.58. The average Bonchev–Trinajstić information content (AvgIpc) is 2.91. The Morgan fingerprint density at radius 3 is 2.56 bits per heavy atom. The molecule has 0 unspecified atom stereocenters. The van der Waals surface area contributed by atoms with Crippen LogP contribution in [0.25, 0.3) is 0 Å². The summed E-state index contributed by atoms with van der Waals surface area (Å²) in [5.74, 6) is 0.396. The second kappa shape index (κ2) is 3.92. The van der Waals surface area contributed by atoms with Crippen molar-refractivity contribution in [2.24, 2.45) is 0 Å². The van der Waals surface area contributed by atoms with E-state index in [2.05, 4.69) is 4.98 Å². The van der Waals surface area contributed by atoms with Crippen molar-refractivity contribution in [3.05, 3.63) is 18.2 Å². The summed E-state index contributed by atoms with van der Waals surface area (Å²) in [6.45, 7) is 5.73. The summed E-state index contributed by atoms with van der Waals surface area (Å²) in [5, 5.41) is 0. The van der Waals surface area contributed by atoms with E-state index in [1.54, 1.807) is 0 Å². The van der Waals surface area contributed by atoms with Crippen molar-refractivity contribution in [2.75, 3.05) is 0 Å². The quantitative estimate of drug-likeness (QED) is 0.741. The number of pyridine rings is 1. The normalized spacial score (nSPS) is 16.0. The van der Waals surface area contributed by atoms with Crippen molar-refractivity contribution < 1.29 is 13.9 Å². The number of aromatic nitrogens is 1. The van der Waals surface area contributed by atoms with Gasteiger partial charge in [0.05, 0.1) is 12.3 Å². The van der Waals surface area contributed by atoms with Crippen molar-refractivity contribution >= 4 is 0 Å². The molecule has 0 aliphatic heterocycles. The Hall–Kier alpha value is -1.32. The maximum absolute atomic E-state index is 13.0. The highest BCUT2D eigenvalue weighted by Gasteiger charge is 2.26. The van der Waals surface area contributed by atoms with Crippen LogP contribution in [0.3, 0.4) is 0 Å². The van der Waals surface area contributed by atoms with Gasteiger partial charge >= 0.3 is 0 Å².